The molecule has 1 fully saturated rings. The van der Waals surface area contributed by atoms with Gasteiger partial charge in [-0.3, -0.25) is 4.90 Å². The van der Waals surface area contributed by atoms with E-state index in [4.69, 9.17) is 0 Å². The first kappa shape index (κ1) is 12.9. The van der Waals surface area contributed by atoms with E-state index in [9.17, 15) is 0 Å². The van der Waals surface area contributed by atoms with Gasteiger partial charge in [0.2, 0.25) is 0 Å². The largest absolute Gasteiger partial charge is 0.357 e. The molecule has 3 atom stereocenters. The minimum Gasteiger partial charge on any atom is -0.357 e. The summed E-state index contributed by atoms with van der Waals surface area (Å²) in [7, 11) is 0. The van der Waals surface area contributed by atoms with Gasteiger partial charge in [0.25, 0.3) is 0 Å². The Labute approximate surface area is 128 Å². The topological polar surface area (TPSA) is 19.0 Å². The highest BCUT2D eigenvalue weighted by molar-refractivity contribution is 9.09. The summed E-state index contributed by atoms with van der Waals surface area (Å²) >= 11 is 3.78. The van der Waals surface area contributed by atoms with Crippen LogP contribution >= 0.6 is 15.9 Å². The molecular weight excluding hydrogens is 312 g/mol. The van der Waals surface area contributed by atoms with Gasteiger partial charge in [-0.25, -0.2) is 0 Å². The molecule has 0 aliphatic carbocycles. The van der Waals surface area contributed by atoms with Gasteiger partial charge in [-0.2, -0.15) is 0 Å². The number of benzene rings is 1. The lowest BCUT2D eigenvalue weighted by Crippen LogP contribution is -2.44. The van der Waals surface area contributed by atoms with Gasteiger partial charge in [-0.15, -0.1) is 0 Å². The molecule has 0 bridgehead atoms. The fourth-order valence-corrected chi connectivity index (χ4v) is 4.48. The van der Waals surface area contributed by atoms with Crippen LogP contribution in [-0.4, -0.2) is 27.8 Å². The lowest BCUT2D eigenvalue weighted by Gasteiger charge is -2.43. The van der Waals surface area contributed by atoms with Crippen molar-refractivity contribution in [3.8, 4) is 0 Å². The van der Waals surface area contributed by atoms with Gasteiger partial charge in [-0.1, -0.05) is 41.1 Å². The Morgan fingerprint density at radius 3 is 3.00 bits per heavy atom. The number of hydrogen-bond donors (Lipinski definition) is 1. The van der Waals surface area contributed by atoms with E-state index in [0.29, 0.717) is 10.9 Å². The van der Waals surface area contributed by atoms with Crippen LogP contribution in [0.2, 0.25) is 0 Å². The Bertz CT molecular complexity index is 631. The van der Waals surface area contributed by atoms with Crippen LogP contribution in [0.25, 0.3) is 10.9 Å². The summed E-state index contributed by atoms with van der Waals surface area (Å²) in [6, 6.07) is 9.39. The van der Waals surface area contributed by atoms with Gasteiger partial charge in [0.1, 0.15) is 0 Å². The van der Waals surface area contributed by atoms with Gasteiger partial charge < -0.3 is 4.98 Å². The minimum atomic E-state index is 0.619. The van der Waals surface area contributed by atoms with Crippen molar-refractivity contribution in [1.29, 1.82) is 0 Å². The number of nitrogens with zero attached hydrogens (tertiary/aromatic N) is 1. The first-order chi connectivity index (χ1) is 9.74. The second kappa shape index (κ2) is 4.88. The third-order valence-corrected chi connectivity index (χ3v) is 5.95. The van der Waals surface area contributed by atoms with E-state index in [-0.39, 0.29) is 0 Å². The lowest BCUT2D eigenvalue weighted by molar-refractivity contribution is 0.0976. The number of halogens is 1. The zero-order valence-corrected chi connectivity index (χ0v) is 13.5. The summed E-state index contributed by atoms with van der Waals surface area (Å²) < 4.78 is 0. The molecule has 1 saturated heterocycles. The molecule has 2 aliphatic rings. The molecular formula is C17H21BrN2. The Hall–Kier alpha value is -0.800. The minimum absolute atomic E-state index is 0.619. The number of rotatable bonds is 1. The van der Waals surface area contributed by atoms with Crippen LogP contribution in [0, 0.1) is 5.92 Å². The molecule has 4 rings (SSSR count). The molecule has 3 heteroatoms. The van der Waals surface area contributed by atoms with Crippen molar-refractivity contribution >= 4 is 26.8 Å². The molecule has 1 aromatic heterocycles. The SMILES string of the molecule is CC(Br)C1CCC2c3[nH]c4ccccc4c3CCN2C1. The van der Waals surface area contributed by atoms with E-state index in [1.165, 1.54) is 48.9 Å². The second-order valence-electron chi connectivity index (χ2n) is 6.34. The fraction of sp³-hybridized carbons (Fsp3) is 0.529. The number of hydrogen-bond acceptors (Lipinski definition) is 1. The summed E-state index contributed by atoms with van der Waals surface area (Å²) in [5.74, 6) is 0.803. The first-order valence-electron chi connectivity index (χ1n) is 7.71. The summed E-state index contributed by atoms with van der Waals surface area (Å²) in [5, 5.41) is 1.44. The third-order valence-electron chi connectivity index (χ3n) is 5.20. The van der Waals surface area contributed by atoms with Crippen molar-refractivity contribution in [3.63, 3.8) is 0 Å². The van der Waals surface area contributed by atoms with Gasteiger partial charge in [0.15, 0.2) is 0 Å². The van der Waals surface area contributed by atoms with E-state index >= 15 is 0 Å². The van der Waals surface area contributed by atoms with Gasteiger partial charge in [0.05, 0.1) is 6.04 Å². The van der Waals surface area contributed by atoms with E-state index in [0.717, 1.165) is 5.92 Å². The smallest absolute Gasteiger partial charge is 0.0501 e. The molecule has 2 nitrogen and oxygen atoms in total. The summed E-state index contributed by atoms with van der Waals surface area (Å²) in [6.07, 6.45) is 3.82. The number of aromatic amines is 1. The van der Waals surface area contributed by atoms with Crippen LogP contribution in [-0.2, 0) is 6.42 Å². The summed E-state index contributed by atoms with van der Waals surface area (Å²) in [4.78, 5) is 7.04. The molecule has 2 aliphatic heterocycles. The first-order valence-corrected chi connectivity index (χ1v) is 8.63. The molecule has 3 unspecified atom stereocenters. The highest BCUT2D eigenvalue weighted by Gasteiger charge is 2.36. The summed E-state index contributed by atoms with van der Waals surface area (Å²) in [5.41, 5.74) is 4.39. The molecule has 0 spiro atoms. The van der Waals surface area contributed by atoms with Crippen LogP contribution in [0.3, 0.4) is 0 Å². The number of piperidine rings is 1. The summed E-state index contributed by atoms with van der Waals surface area (Å²) in [6.45, 7) is 4.75. The molecule has 20 heavy (non-hydrogen) atoms. The van der Waals surface area contributed by atoms with Crippen LogP contribution in [0.4, 0.5) is 0 Å². The van der Waals surface area contributed by atoms with E-state index in [2.05, 4.69) is 57.0 Å². The number of alkyl halides is 1. The van der Waals surface area contributed by atoms with Gasteiger partial charge >= 0.3 is 0 Å². The van der Waals surface area contributed by atoms with Crippen LogP contribution in [0.15, 0.2) is 24.3 Å². The quantitative estimate of drug-likeness (QED) is 0.773. The number of H-pyrrole nitrogens is 1. The zero-order chi connectivity index (χ0) is 13.7. The van der Waals surface area contributed by atoms with Gasteiger partial charge in [0, 0.05) is 34.5 Å². The number of nitrogens with one attached hydrogen (secondary N) is 1. The highest BCUT2D eigenvalue weighted by atomic mass is 79.9. The van der Waals surface area contributed by atoms with E-state index in [1.54, 1.807) is 5.56 Å². The van der Waals surface area contributed by atoms with Crippen molar-refractivity contribution in [3.05, 3.63) is 35.5 Å². The Morgan fingerprint density at radius 1 is 1.30 bits per heavy atom. The Kier molecular flexibility index (Phi) is 3.15. The van der Waals surface area contributed by atoms with Crippen molar-refractivity contribution in [1.82, 2.24) is 9.88 Å². The average Bonchev–Trinajstić information content (AvgIpc) is 2.85. The lowest BCUT2D eigenvalue weighted by atomic mass is 9.85. The number of aromatic nitrogens is 1. The van der Waals surface area contributed by atoms with Crippen molar-refractivity contribution in [2.75, 3.05) is 13.1 Å². The van der Waals surface area contributed by atoms with Crippen LogP contribution in [0.1, 0.15) is 37.1 Å². The molecule has 0 amide bonds. The average molecular weight is 333 g/mol. The van der Waals surface area contributed by atoms with Crippen LogP contribution < -0.4 is 0 Å². The van der Waals surface area contributed by atoms with Crippen molar-refractivity contribution in [2.24, 2.45) is 5.92 Å². The molecule has 0 saturated carbocycles. The van der Waals surface area contributed by atoms with E-state index in [1.807, 2.05) is 0 Å². The highest BCUT2D eigenvalue weighted by Crippen LogP contribution is 2.41. The van der Waals surface area contributed by atoms with Gasteiger partial charge in [-0.05, 0) is 36.8 Å². The third kappa shape index (κ3) is 1.94. The molecule has 0 radical (unpaired) electrons. The maximum absolute atomic E-state index is 3.78. The molecule has 2 aromatic rings. The predicted octanol–water partition coefficient (Wildman–Crippen LogP) is 4.26. The maximum atomic E-state index is 3.78. The molecule has 1 N–H and O–H groups in total. The second-order valence-corrected chi connectivity index (χ2v) is 7.78. The maximum Gasteiger partial charge on any atom is 0.0501 e. The number of fused-ring (bicyclic) bond motifs is 5. The molecule has 106 valence electrons. The standard InChI is InChI=1S/C17H21BrN2/c1-11(18)12-6-7-16-17-14(8-9-20(16)10-12)13-4-2-3-5-15(13)19-17/h2-5,11-12,16,19H,6-10H2,1H3. The predicted molar refractivity (Wildman–Crippen MR) is 87.4 cm³/mol. The fourth-order valence-electron chi connectivity index (χ4n) is 4.05. The van der Waals surface area contributed by atoms with Crippen molar-refractivity contribution < 1.29 is 0 Å². The molecule has 3 heterocycles. The Morgan fingerprint density at radius 2 is 2.15 bits per heavy atom. The van der Waals surface area contributed by atoms with Crippen molar-refractivity contribution in [2.45, 2.75) is 37.1 Å². The number of para-hydroxylation sites is 1. The van der Waals surface area contributed by atoms with Crippen LogP contribution in [0.5, 0.6) is 0 Å². The normalized spacial score (nSPS) is 28.1. The zero-order valence-electron chi connectivity index (χ0n) is 11.9. The monoisotopic (exact) mass is 332 g/mol. The Balaban J connectivity index is 1.71. The van der Waals surface area contributed by atoms with E-state index < -0.39 is 0 Å². The molecule has 1 aromatic carbocycles.